The van der Waals surface area contributed by atoms with E-state index in [2.05, 4.69) is 73.8 Å². The maximum atomic E-state index is 3.50. The maximum Gasteiger partial charge on any atom is -0.00143 e. The van der Waals surface area contributed by atoms with Crippen LogP contribution in [0.15, 0.2) is 54.6 Å². The van der Waals surface area contributed by atoms with Crippen LogP contribution in [0.5, 0.6) is 0 Å². The molecule has 20 heavy (non-hydrogen) atoms. The molecule has 0 fully saturated rings. The van der Waals surface area contributed by atoms with E-state index in [9.17, 15) is 0 Å². The van der Waals surface area contributed by atoms with Gasteiger partial charge in [0, 0.05) is 0 Å². The summed E-state index contributed by atoms with van der Waals surface area (Å²) >= 11 is 0. The van der Waals surface area contributed by atoms with E-state index in [1.807, 2.05) is 0 Å². The van der Waals surface area contributed by atoms with Crippen LogP contribution in [0, 0.1) is 12.8 Å². The predicted molar refractivity (Wildman–Crippen MR) is 87.1 cm³/mol. The predicted octanol–water partition coefficient (Wildman–Crippen LogP) is 4.01. The van der Waals surface area contributed by atoms with Gasteiger partial charge < -0.3 is 5.32 Å². The molecule has 0 aromatic heterocycles. The monoisotopic (exact) mass is 267 g/mol. The second-order valence-electron chi connectivity index (χ2n) is 5.55. The molecule has 2 aromatic carbocycles. The lowest BCUT2D eigenvalue weighted by molar-refractivity contribution is 0.478. The van der Waals surface area contributed by atoms with Gasteiger partial charge in [-0.2, -0.15) is 0 Å². The van der Waals surface area contributed by atoms with Crippen molar-refractivity contribution in [3.63, 3.8) is 0 Å². The van der Waals surface area contributed by atoms with Crippen LogP contribution in [0.4, 0.5) is 0 Å². The topological polar surface area (TPSA) is 12.0 Å². The summed E-state index contributed by atoms with van der Waals surface area (Å²) in [5.41, 5.74) is 4.21. The van der Waals surface area contributed by atoms with E-state index in [0.717, 1.165) is 25.9 Å². The van der Waals surface area contributed by atoms with E-state index in [0.29, 0.717) is 5.92 Å². The van der Waals surface area contributed by atoms with Crippen LogP contribution in [0.25, 0.3) is 0 Å². The Bertz CT molecular complexity index is 487. The van der Waals surface area contributed by atoms with Gasteiger partial charge in [-0.15, -0.1) is 0 Å². The van der Waals surface area contributed by atoms with Crippen LogP contribution >= 0.6 is 0 Å². The fourth-order valence-corrected chi connectivity index (χ4v) is 2.57. The number of hydrogen-bond acceptors (Lipinski definition) is 1. The minimum atomic E-state index is 0.653. The molecule has 1 N–H and O–H groups in total. The first-order valence-electron chi connectivity index (χ1n) is 7.58. The van der Waals surface area contributed by atoms with Crippen LogP contribution in [-0.4, -0.2) is 13.1 Å². The number of rotatable bonds is 7. The molecule has 2 aromatic rings. The highest BCUT2D eigenvalue weighted by Crippen LogP contribution is 2.15. The summed E-state index contributed by atoms with van der Waals surface area (Å²) < 4.78 is 0. The zero-order chi connectivity index (χ0) is 14.2. The second kappa shape index (κ2) is 7.86. The third-order valence-electron chi connectivity index (χ3n) is 3.70. The summed E-state index contributed by atoms with van der Waals surface area (Å²) in [6.07, 6.45) is 2.28. The van der Waals surface area contributed by atoms with Crippen molar-refractivity contribution in [2.75, 3.05) is 13.1 Å². The minimum absolute atomic E-state index is 0.653. The molecule has 0 radical (unpaired) electrons. The number of benzene rings is 2. The first-order chi connectivity index (χ1) is 9.78. The fraction of sp³-hybridized carbons (Fsp3) is 0.368. The van der Waals surface area contributed by atoms with Crippen LogP contribution in [0.2, 0.25) is 0 Å². The molecule has 1 unspecified atom stereocenters. The van der Waals surface area contributed by atoms with Crippen molar-refractivity contribution in [3.8, 4) is 0 Å². The zero-order valence-corrected chi connectivity index (χ0v) is 12.6. The largest absolute Gasteiger partial charge is 0.317 e. The van der Waals surface area contributed by atoms with Crippen molar-refractivity contribution < 1.29 is 0 Å². The molecule has 1 atom stereocenters. The van der Waals surface area contributed by atoms with Crippen molar-refractivity contribution in [2.45, 2.75) is 26.7 Å². The fourth-order valence-electron chi connectivity index (χ4n) is 2.57. The molecule has 0 saturated heterocycles. The Morgan fingerprint density at radius 3 is 2.05 bits per heavy atom. The van der Waals surface area contributed by atoms with Crippen molar-refractivity contribution in [3.05, 3.63) is 71.3 Å². The van der Waals surface area contributed by atoms with E-state index in [1.165, 1.54) is 16.7 Å². The summed E-state index contributed by atoms with van der Waals surface area (Å²) in [6, 6.07) is 19.8. The Kier molecular flexibility index (Phi) is 5.82. The highest BCUT2D eigenvalue weighted by molar-refractivity contribution is 5.22. The summed E-state index contributed by atoms with van der Waals surface area (Å²) in [6.45, 7) is 6.44. The molecular weight excluding hydrogens is 242 g/mol. The molecule has 106 valence electrons. The van der Waals surface area contributed by atoms with Gasteiger partial charge in [0.05, 0.1) is 0 Å². The van der Waals surface area contributed by atoms with Crippen molar-refractivity contribution in [1.29, 1.82) is 0 Å². The molecule has 1 heteroatoms. The maximum absolute atomic E-state index is 3.50. The Labute approximate surface area is 123 Å². The lowest BCUT2D eigenvalue weighted by Crippen LogP contribution is -2.25. The Morgan fingerprint density at radius 1 is 0.850 bits per heavy atom. The molecule has 0 saturated carbocycles. The molecule has 1 nitrogen and oxygen atoms in total. The summed E-state index contributed by atoms with van der Waals surface area (Å²) in [4.78, 5) is 0. The third-order valence-corrected chi connectivity index (χ3v) is 3.70. The molecule has 0 bridgehead atoms. The minimum Gasteiger partial charge on any atom is -0.317 e. The molecule has 0 aliphatic rings. The third kappa shape index (κ3) is 4.82. The summed E-state index contributed by atoms with van der Waals surface area (Å²) in [5.74, 6) is 0.653. The van der Waals surface area contributed by atoms with Crippen LogP contribution in [0.1, 0.15) is 23.6 Å². The first kappa shape index (κ1) is 14.8. The average molecular weight is 267 g/mol. The zero-order valence-electron chi connectivity index (χ0n) is 12.6. The quantitative estimate of drug-likeness (QED) is 0.799. The smallest absolute Gasteiger partial charge is 0.00143 e. The van der Waals surface area contributed by atoms with Gasteiger partial charge in [0.15, 0.2) is 0 Å². The normalized spacial score (nSPS) is 12.3. The molecule has 0 aliphatic heterocycles. The lowest BCUT2D eigenvalue weighted by atomic mass is 9.92. The Morgan fingerprint density at radius 2 is 1.45 bits per heavy atom. The average Bonchev–Trinajstić information content (AvgIpc) is 2.48. The number of hydrogen-bond donors (Lipinski definition) is 1. The van der Waals surface area contributed by atoms with Gasteiger partial charge in [0.2, 0.25) is 0 Å². The number of aryl methyl sites for hydroxylation is 1. The van der Waals surface area contributed by atoms with Crippen LogP contribution in [0.3, 0.4) is 0 Å². The van der Waals surface area contributed by atoms with E-state index in [4.69, 9.17) is 0 Å². The molecule has 0 spiro atoms. The van der Waals surface area contributed by atoms with Crippen LogP contribution < -0.4 is 5.32 Å². The number of nitrogens with one attached hydrogen (secondary N) is 1. The van der Waals surface area contributed by atoms with Gasteiger partial charge >= 0.3 is 0 Å². The molecular formula is C19H25N. The van der Waals surface area contributed by atoms with Gasteiger partial charge in [-0.25, -0.2) is 0 Å². The van der Waals surface area contributed by atoms with Gasteiger partial charge in [-0.1, -0.05) is 67.1 Å². The Hall–Kier alpha value is -1.60. The van der Waals surface area contributed by atoms with Gasteiger partial charge in [-0.3, -0.25) is 0 Å². The van der Waals surface area contributed by atoms with Gasteiger partial charge in [0.25, 0.3) is 0 Å². The Balaban J connectivity index is 2.01. The van der Waals surface area contributed by atoms with E-state index in [1.54, 1.807) is 0 Å². The summed E-state index contributed by atoms with van der Waals surface area (Å²) in [7, 11) is 0. The van der Waals surface area contributed by atoms with E-state index >= 15 is 0 Å². The van der Waals surface area contributed by atoms with E-state index in [-0.39, 0.29) is 0 Å². The highest BCUT2D eigenvalue weighted by atomic mass is 14.8. The van der Waals surface area contributed by atoms with Crippen LogP contribution in [-0.2, 0) is 12.8 Å². The van der Waals surface area contributed by atoms with Gasteiger partial charge in [-0.05, 0) is 49.9 Å². The standard InChI is InChI=1S/C19H25N/c1-3-20-15-19(13-17-7-5-4-6-8-17)14-18-11-9-16(2)10-12-18/h4-12,19-20H,3,13-15H2,1-2H3. The molecule has 0 heterocycles. The van der Waals surface area contributed by atoms with E-state index < -0.39 is 0 Å². The molecule has 2 rings (SSSR count). The second-order valence-corrected chi connectivity index (χ2v) is 5.55. The molecule has 0 aliphatic carbocycles. The van der Waals surface area contributed by atoms with Gasteiger partial charge in [0.1, 0.15) is 0 Å². The first-order valence-corrected chi connectivity index (χ1v) is 7.58. The SMILES string of the molecule is CCNCC(Cc1ccccc1)Cc1ccc(C)cc1. The van der Waals surface area contributed by atoms with Crippen molar-refractivity contribution in [1.82, 2.24) is 5.32 Å². The molecule has 0 amide bonds. The summed E-state index contributed by atoms with van der Waals surface area (Å²) in [5, 5.41) is 3.50. The van der Waals surface area contributed by atoms with Crippen molar-refractivity contribution in [2.24, 2.45) is 5.92 Å². The van der Waals surface area contributed by atoms with Crippen molar-refractivity contribution >= 4 is 0 Å². The highest BCUT2D eigenvalue weighted by Gasteiger charge is 2.10. The lowest BCUT2D eigenvalue weighted by Gasteiger charge is -2.18.